The highest BCUT2D eigenvalue weighted by molar-refractivity contribution is 5.69. The first-order chi connectivity index (χ1) is 6.83. The van der Waals surface area contributed by atoms with Gasteiger partial charge in [-0.2, -0.15) is 0 Å². The average Bonchev–Trinajstić information content (AvgIpc) is 2.43. The SMILES string of the molecule is CC(C)(C)OC(=O)N1C[C@@H](F)C[C@@H]1CN. The van der Waals surface area contributed by atoms with Gasteiger partial charge >= 0.3 is 6.09 Å². The molecule has 88 valence electrons. The zero-order valence-corrected chi connectivity index (χ0v) is 9.50. The van der Waals surface area contributed by atoms with Gasteiger partial charge in [0.25, 0.3) is 0 Å². The fourth-order valence-electron chi connectivity index (χ4n) is 1.63. The molecule has 15 heavy (non-hydrogen) atoms. The number of alkyl halides is 1. The number of carbonyl (C=O) groups excluding carboxylic acids is 1. The van der Waals surface area contributed by atoms with Gasteiger partial charge in [-0.25, -0.2) is 9.18 Å². The van der Waals surface area contributed by atoms with Crippen LogP contribution in [0.1, 0.15) is 27.2 Å². The van der Waals surface area contributed by atoms with Gasteiger partial charge in [-0.3, -0.25) is 0 Å². The quantitative estimate of drug-likeness (QED) is 0.721. The van der Waals surface area contributed by atoms with Gasteiger partial charge < -0.3 is 15.4 Å². The molecule has 2 N–H and O–H groups in total. The third-order valence-corrected chi connectivity index (χ3v) is 2.26. The Morgan fingerprint density at radius 1 is 1.60 bits per heavy atom. The Hall–Kier alpha value is -0.840. The predicted octanol–water partition coefficient (Wildman–Crippen LogP) is 1.29. The third-order valence-electron chi connectivity index (χ3n) is 2.26. The number of ether oxygens (including phenoxy) is 1. The van der Waals surface area contributed by atoms with Gasteiger partial charge in [-0.1, -0.05) is 0 Å². The maximum absolute atomic E-state index is 13.1. The van der Waals surface area contributed by atoms with Crippen LogP contribution in [0.5, 0.6) is 0 Å². The number of nitrogens with two attached hydrogens (primary N) is 1. The van der Waals surface area contributed by atoms with Gasteiger partial charge in [0.1, 0.15) is 11.8 Å². The molecule has 0 unspecified atom stereocenters. The van der Waals surface area contributed by atoms with Crippen molar-refractivity contribution in [3.05, 3.63) is 0 Å². The molecule has 0 aliphatic carbocycles. The second kappa shape index (κ2) is 4.35. The van der Waals surface area contributed by atoms with Crippen LogP contribution in [-0.2, 0) is 4.74 Å². The Bertz CT molecular complexity index is 240. The van der Waals surface area contributed by atoms with Crippen molar-refractivity contribution in [1.82, 2.24) is 4.90 Å². The highest BCUT2D eigenvalue weighted by atomic mass is 19.1. The Balaban J connectivity index is 2.59. The maximum Gasteiger partial charge on any atom is 0.410 e. The van der Waals surface area contributed by atoms with Crippen molar-refractivity contribution in [2.75, 3.05) is 13.1 Å². The minimum absolute atomic E-state index is 0.0940. The molecule has 1 aliphatic rings. The number of carbonyl (C=O) groups is 1. The van der Waals surface area contributed by atoms with Crippen LogP contribution in [0.25, 0.3) is 0 Å². The van der Waals surface area contributed by atoms with Crippen molar-refractivity contribution in [3.63, 3.8) is 0 Å². The highest BCUT2D eigenvalue weighted by Gasteiger charge is 2.36. The second-order valence-electron chi connectivity index (χ2n) is 4.86. The molecule has 0 spiro atoms. The number of rotatable bonds is 1. The summed E-state index contributed by atoms with van der Waals surface area (Å²) in [5.41, 5.74) is 4.92. The summed E-state index contributed by atoms with van der Waals surface area (Å²) in [6, 6.07) is -0.227. The van der Waals surface area contributed by atoms with E-state index in [1.165, 1.54) is 4.90 Å². The Morgan fingerprint density at radius 3 is 2.67 bits per heavy atom. The molecule has 0 aromatic heterocycles. The summed E-state index contributed by atoms with van der Waals surface area (Å²) in [7, 11) is 0. The van der Waals surface area contributed by atoms with Gasteiger partial charge in [0, 0.05) is 13.0 Å². The van der Waals surface area contributed by atoms with Crippen LogP contribution in [0.4, 0.5) is 9.18 Å². The summed E-state index contributed by atoms with van der Waals surface area (Å²) >= 11 is 0. The Kier molecular flexibility index (Phi) is 3.54. The van der Waals surface area contributed by atoms with Gasteiger partial charge in [0.15, 0.2) is 0 Å². The van der Waals surface area contributed by atoms with Crippen molar-refractivity contribution < 1.29 is 13.9 Å². The second-order valence-corrected chi connectivity index (χ2v) is 4.86. The van der Waals surface area contributed by atoms with Crippen LogP contribution in [0.2, 0.25) is 0 Å². The minimum Gasteiger partial charge on any atom is -0.444 e. The van der Waals surface area contributed by atoms with E-state index in [1.54, 1.807) is 20.8 Å². The van der Waals surface area contributed by atoms with Crippen LogP contribution in [0.3, 0.4) is 0 Å². The van der Waals surface area contributed by atoms with E-state index in [1.807, 2.05) is 0 Å². The summed E-state index contributed by atoms with van der Waals surface area (Å²) in [4.78, 5) is 13.0. The minimum atomic E-state index is -0.980. The first kappa shape index (κ1) is 12.2. The molecule has 1 saturated heterocycles. The van der Waals surface area contributed by atoms with E-state index in [-0.39, 0.29) is 19.1 Å². The summed E-state index contributed by atoms with van der Waals surface area (Å²) < 4.78 is 18.3. The summed E-state index contributed by atoms with van der Waals surface area (Å²) in [6.07, 6.45) is -1.14. The van der Waals surface area contributed by atoms with E-state index in [9.17, 15) is 9.18 Å². The number of amides is 1. The molecule has 1 rings (SSSR count). The molecular weight excluding hydrogens is 199 g/mol. The van der Waals surface area contributed by atoms with E-state index in [4.69, 9.17) is 10.5 Å². The molecule has 0 radical (unpaired) electrons. The standard InChI is InChI=1S/C10H19FN2O2/c1-10(2,3)15-9(14)13-6-7(11)4-8(13)5-12/h7-8H,4-6,12H2,1-3H3/t7-,8+/m0/s1. The van der Waals surface area contributed by atoms with E-state index < -0.39 is 17.9 Å². The highest BCUT2D eigenvalue weighted by Crippen LogP contribution is 2.22. The van der Waals surface area contributed by atoms with Gasteiger partial charge in [-0.05, 0) is 20.8 Å². The molecule has 1 amide bonds. The van der Waals surface area contributed by atoms with E-state index in [0.29, 0.717) is 6.42 Å². The van der Waals surface area contributed by atoms with E-state index in [2.05, 4.69) is 0 Å². The molecule has 1 aliphatic heterocycles. The molecule has 4 nitrogen and oxygen atoms in total. The molecular formula is C10H19FN2O2. The first-order valence-corrected chi connectivity index (χ1v) is 5.17. The molecule has 1 fully saturated rings. The third kappa shape index (κ3) is 3.34. The lowest BCUT2D eigenvalue weighted by molar-refractivity contribution is 0.0224. The monoisotopic (exact) mass is 218 g/mol. The molecule has 0 aromatic rings. The van der Waals surface area contributed by atoms with Crippen LogP contribution in [0, 0.1) is 0 Å². The van der Waals surface area contributed by atoms with Crippen LogP contribution in [0.15, 0.2) is 0 Å². The number of nitrogens with zero attached hydrogens (tertiary/aromatic N) is 1. The number of halogens is 1. The van der Waals surface area contributed by atoms with Crippen molar-refractivity contribution in [3.8, 4) is 0 Å². The summed E-state index contributed by atoms with van der Waals surface area (Å²) in [5.74, 6) is 0. The maximum atomic E-state index is 13.1. The average molecular weight is 218 g/mol. The zero-order chi connectivity index (χ0) is 11.6. The van der Waals surface area contributed by atoms with Crippen LogP contribution >= 0.6 is 0 Å². The summed E-state index contributed by atoms with van der Waals surface area (Å²) in [6.45, 7) is 5.72. The Morgan fingerprint density at radius 2 is 2.20 bits per heavy atom. The van der Waals surface area contributed by atoms with E-state index >= 15 is 0 Å². The number of likely N-dealkylation sites (tertiary alicyclic amines) is 1. The van der Waals surface area contributed by atoms with Crippen molar-refractivity contribution in [1.29, 1.82) is 0 Å². The van der Waals surface area contributed by atoms with Crippen molar-refractivity contribution in [2.24, 2.45) is 5.73 Å². The first-order valence-electron chi connectivity index (χ1n) is 5.17. The van der Waals surface area contributed by atoms with Crippen LogP contribution < -0.4 is 5.73 Å². The number of hydrogen-bond donors (Lipinski definition) is 1. The molecule has 0 aromatic carbocycles. The lowest BCUT2D eigenvalue weighted by atomic mass is 10.2. The number of hydrogen-bond acceptors (Lipinski definition) is 3. The molecule has 1 heterocycles. The predicted molar refractivity (Wildman–Crippen MR) is 55.3 cm³/mol. The lowest BCUT2D eigenvalue weighted by Crippen LogP contribution is -2.43. The fourth-order valence-corrected chi connectivity index (χ4v) is 1.63. The topological polar surface area (TPSA) is 55.6 Å². The van der Waals surface area contributed by atoms with Crippen molar-refractivity contribution >= 4 is 6.09 Å². The molecule has 5 heteroatoms. The van der Waals surface area contributed by atoms with Gasteiger partial charge in [-0.15, -0.1) is 0 Å². The fraction of sp³-hybridized carbons (Fsp3) is 0.900. The molecule has 0 bridgehead atoms. The summed E-state index contributed by atoms with van der Waals surface area (Å²) in [5, 5.41) is 0. The zero-order valence-electron chi connectivity index (χ0n) is 9.50. The van der Waals surface area contributed by atoms with Crippen molar-refractivity contribution in [2.45, 2.75) is 45.0 Å². The molecule has 2 atom stereocenters. The lowest BCUT2D eigenvalue weighted by Gasteiger charge is -2.27. The largest absolute Gasteiger partial charge is 0.444 e. The van der Waals surface area contributed by atoms with Gasteiger partial charge in [0.2, 0.25) is 0 Å². The van der Waals surface area contributed by atoms with E-state index in [0.717, 1.165) is 0 Å². The normalized spacial score (nSPS) is 26.9. The van der Waals surface area contributed by atoms with Crippen LogP contribution in [-0.4, -0.2) is 41.9 Å². The smallest absolute Gasteiger partial charge is 0.410 e. The Labute approximate surface area is 89.6 Å². The van der Waals surface area contributed by atoms with Gasteiger partial charge in [0.05, 0.1) is 12.6 Å². The molecule has 0 saturated carbocycles.